The molecule has 1 amide bonds. The van der Waals surface area contributed by atoms with Crippen LogP contribution in [0.2, 0.25) is 5.02 Å². The van der Waals surface area contributed by atoms with Crippen LogP contribution >= 0.6 is 27.5 Å². The molecule has 3 nitrogen and oxygen atoms in total. The van der Waals surface area contributed by atoms with Crippen LogP contribution in [-0.4, -0.2) is 5.91 Å². The maximum atomic E-state index is 13.4. The van der Waals surface area contributed by atoms with Crippen LogP contribution in [0.3, 0.4) is 0 Å². The molecule has 0 spiro atoms. The van der Waals surface area contributed by atoms with Gasteiger partial charge in [0, 0.05) is 6.07 Å². The summed E-state index contributed by atoms with van der Waals surface area (Å²) in [5.74, 6) is -0.759. The number of carbonyl (C=O) groups is 1. The van der Waals surface area contributed by atoms with Gasteiger partial charge in [0.2, 0.25) is 0 Å². The van der Waals surface area contributed by atoms with Gasteiger partial charge in [0.15, 0.2) is 0 Å². The highest BCUT2D eigenvalue weighted by molar-refractivity contribution is 9.10. The molecule has 0 unspecified atom stereocenters. The third-order valence-corrected chi connectivity index (χ3v) is 3.30. The first-order valence-electron chi connectivity index (χ1n) is 5.20. The van der Waals surface area contributed by atoms with E-state index in [9.17, 15) is 9.18 Å². The van der Waals surface area contributed by atoms with E-state index in [-0.39, 0.29) is 22.1 Å². The first-order chi connectivity index (χ1) is 8.99. The van der Waals surface area contributed by atoms with Crippen molar-refractivity contribution < 1.29 is 13.9 Å². The smallest absolute Gasteiger partial charge is 0.254 e. The molecule has 0 saturated heterocycles. The molecular weight excluding hydrogens is 337 g/mol. The van der Waals surface area contributed by atoms with Crippen LogP contribution in [0.25, 0.3) is 0 Å². The molecule has 2 aromatic rings. The minimum absolute atomic E-state index is 0.0625. The standard InChI is InChI=1S/C13H8BrClFNO2/c14-8-5-4-7(6-10(8)16)19-11-3-1-2-9(15)12(11)13(17)18/h1-6H,(H2,17,18). The van der Waals surface area contributed by atoms with Crippen LogP contribution < -0.4 is 10.5 Å². The van der Waals surface area contributed by atoms with E-state index in [0.717, 1.165) is 0 Å². The van der Waals surface area contributed by atoms with E-state index < -0.39 is 11.7 Å². The number of hydrogen-bond acceptors (Lipinski definition) is 2. The van der Waals surface area contributed by atoms with E-state index in [1.807, 2.05) is 0 Å². The maximum Gasteiger partial charge on any atom is 0.254 e. The summed E-state index contributed by atoms with van der Waals surface area (Å²) in [6.07, 6.45) is 0. The molecule has 0 saturated carbocycles. The number of amides is 1. The summed E-state index contributed by atoms with van der Waals surface area (Å²) in [5, 5.41) is 0.183. The Morgan fingerprint density at radius 3 is 2.68 bits per heavy atom. The van der Waals surface area contributed by atoms with Crippen molar-refractivity contribution in [3.05, 3.63) is 57.3 Å². The van der Waals surface area contributed by atoms with Crippen LogP contribution in [0.1, 0.15) is 10.4 Å². The second-order valence-electron chi connectivity index (χ2n) is 3.66. The summed E-state index contributed by atoms with van der Waals surface area (Å²) < 4.78 is 19.1. The molecule has 6 heteroatoms. The van der Waals surface area contributed by atoms with Crippen LogP contribution in [0.4, 0.5) is 4.39 Å². The Hall–Kier alpha value is -1.59. The molecule has 0 aliphatic heterocycles. The highest BCUT2D eigenvalue weighted by Gasteiger charge is 2.14. The summed E-state index contributed by atoms with van der Waals surface area (Å²) in [6.45, 7) is 0. The Kier molecular flexibility index (Phi) is 4.07. The Bertz CT molecular complexity index is 649. The monoisotopic (exact) mass is 343 g/mol. The second kappa shape index (κ2) is 5.59. The highest BCUT2D eigenvalue weighted by atomic mass is 79.9. The first kappa shape index (κ1) is 13.8. The van der Waals surface area contributed by atoms with Gasteiger partial charge in [-0.1, -0.05) is 17.7 Å². The summed E-state index contributed by atoms with van der Waals surface area (Å²) in [7, 11) is 0. The van der Waals surface area contributed by atoms with Gasteiger partial charge in [-0.15, -0.1) is 0 Å². The van der Waals surface area contributed by atoms with Gasteiger partial charge >= 0.3 is 0 Å². The summed E-state index contributed by atoms with van der Waals surface area (Å²) in [6, 6.07) is 8.91. The Balaban J connectivity index is 2.40. The fraction of sp³-hybridized carbons (Fsp3) is 0. The quantitative estimate of drug-likeness (QED) is 0.910. The maximum absolute atomic E-state index is 13.4. The van der Waals surface area contributed by atoms with Crippen molar-refractivity contribution in [1.29, 1.82) is 0 Å². The summed E-state index contributed by atoms with van der Waals surface area (Å²) in [5.41, 5.74) is 5.30. The highest BCUT2D eigenvalue weighted by Crippen LogP contribution is 2.31. The number of rotatable bonds is 3. The first-order valence-corrected chi connectivity index (χ1v) is 6.37. The van der Waals surface area contributed by atoms with E-state index in [1.165, 1.54) is 24.3 Å². The lowest BCUT2D eigenvalue weighted by Gasteiger charge is -2.10. The van der Waals surface area contributed by atoms with Crippen LogP contribution in [0, 0.1) is 5.82 Å². The van der Waals surface area contributed by atoms with Crippen LogP contribution in [0.5, 0.6) is 11.5 Å². The van der Waals surface area contributed by atoms with Crippen LogP contribution in [0.15, 0.2) is 40.9 Å². The minimum Gasteiger partial charge on any atom is -0.456 e. The molecule has 0 heterocycles. The van der Waals surface area contributed by atoms with E-state index in [2.05, 4.69) is 15.9 Å². The third kappa shape index (κ3) is 3.05. The number of halogens is 3. The number of hydrogen-bond donors (Lipinski definition) is 1. The van der Waals surface area contributed by atoms with E-state index in [0.29, 0.717) is 4.47 Å². The van der Waals surface area contributed by atoms with Crippen molar-refractivity contribution in [2.45, 2.75) is 0 Å². The lowest BCUT2D eigenvalue weighted by atomic mass is 10.2. The molecule has 0 atom stereocenters. The number of ether oxygens (including phenoxy) is 1. The minimum atomic E-state index is -0.710. The SMILES string of the molecule is NC(=O)c1c(Cl)cccc1Oc1ccc(Br)c(F)c1. The molecule has 0 aromatic heterocycles. The van der Waals surface area contributed by atoms with E-state index in [4.69, 9.17) is 22.1 Å². The molecule has 0 bridgehead atoms. The molecule has 2 aromatic carbocycles. The molecule has 2 rings (SSSR count). The van der Waals surface area contributed by atoms with Crippen LogP contribution in [-0.2, 0) is 0 Å². The molecule has 19 heavy (non-hydrogen) atoms. The lowest BCUT2D eigenvalue weighted by Crippen LogP contribution is -2.12. The molecule has 2 N–H and O–H groups in total. The van der Waals surface area contributed by atoms with Gasteiger partial charge in [0.1, 0.15) is 22.9 Å². The summed E-state index contributed by atoms with van der Waals surface area (Å²) >= 11 is 8.92. The molecule has 0 aliphatic carbocycles. The topological polar surface area (TPSA) is 52.3 Å². The molecule has 98 valence electrons. The van der Waals surface area contributed by atoms with Gasteiger partial charge in [-0.25, -0.2) is 4.39 Å². The fourth-order valence-electron chi connectivity index (χ4n) is 1.50. The Morgan fingerprint density at radius 1 is 1.32 bits per heavy atom. The zero-order chi connectivity index (χ0) is 14.0. The average Bonchev–Trinajstić information content (AvgIpc) is 2.33. The number of carbonyl (C=O) groups excluding carboxylic acids is 1. The van der Waals surface area contributed by atoms with Crippen molar-refractivity contribution in [3.63, 3.8) is 0 Å². The second-order valence-corrected chi connectivity index (χ2v) is 4.92. The van der Waals surface area contributed by atoms with Gasteiger partial charge in [0.25, 0.3) is 5.91 Å². The van der Waals surface area contributed by atoms with Crippen molar-refractivity contribution >= 4 is 33.4 Å². The third-order valence-electron chi connectivity index (χ3n) is 2.34. The number of nitrogens with two attached hydrogens (primary N) is 1. The zero-order valence-electron chi connectivity index (χ0n) is 9.49. The van der Waals surface area contributed by atoms with Crippen molar-refractivity contribution in [2.75, 3.05) is 0 Å². The average molecular weight is 345 g/mol. The predicted molar refractivity (Wildman–Crippen MR) is 74.1 cm³/mol. The Labute approximate surface area is 122 Å². The normalized spacial score (nSPS) is 10.3. The van der Waals surface area contributed by atoms with Gasteiger partial charge in [-0.05, 0) is 40.2 Å². The largest absolute Gasteiger partial charge is 0.456 e. The molecule has 0 fully saturated rings. The van der Waals surface area contributed by atoms with E-state index >= 15 is 0 Å². The molecular formula is C13H8BrClFNO2. The van der Waals surface area contributed by atoms with Gasteiger partial charge in [-0.2, -0.15) is 0 Å². The van der Waals surface area contributed by atoms with Gasteiger partial charge < -0.3 is 10.5 Å². The van der Waals surface area contributed by atoms with Crippen molar-refractivity contribution in [3.8, 4) is 11.5 Å². The van der Waals surface area contributed by atoms with Crippen molar-refractivity contribution in [1.82, 2.24) is 0 Å². The van der Waals surface area contributed by atoms with Gasteiger partial charge in [0.05, 0.1) is 9.50 Å². The van der Waals surface area contributed by atoms with E-state index in [1.54, 1.807) is 12.1 Å². The van der Waals surface area contributed by atoms with Crippen molar-refractivity contribution in [2.24, 2.45) is 5.73 Å². The number of primary amides is 1. The molecule has 0 radical (unpaired) electrons. The lowest BCUT2D eigenvalue weighted by molar-refractivity contribution is 0.0998. The number of benzene rings is 2. The summed E-state index contributed by atoms with van der Waals surface area (Å²) in [4.78, 5) is 11.3. The predicted octanol–water partition coefficient (Wildman–Crippen LogP) is 4.13. The molecule has 0 aliphatic rings. The van der Waals surface area contributed by atoms with Gasteiger partial charge in [-0.3, -0.25) is 4.79 Å². The Morgan fingerprint density at radius 2 is 2.05 bits per heavy atom. The zero-order valence-corrected chi connectivity index (χ0v) is 11.8. The fourth-order valence-corrected chi connectivity index (χ4v) is 2.00.